The molecule has 0 saturated carbocycles. The van der Waals surface area contributed by atoms with Crippen molar-refractivity contribution in [3.05, 3.63) is 53.7 Å². The van der Waals surface area contributed by atoms with Gasteiger partial charge < -0.3 is 4.74 Å². The van der Waals surface area contributed by atoms with Crippen LogP contribution in [0.3, 0.4) is 0 Å². The molecule has 2 fully saturated rings. The van der Waals surface area contributed by atoms with Crippen molar-refractivity contribution >= 4 is 40.6 Å². The van der Waals surface area contributed by atoms with Crippen LogP contribution in [0.2, 0.25) is 0 Å². The number of pyridine rings is 1. The van der Waals surface area contributed by atoms with Gasteiger partial charge in [0, 0.05) is 0 Å². The third-order valence-corrected chi connectivity index (χ3v) is 12.2. The molecule has 3 N–H and O–H groups in total. The Labute approximate surface area is 290 Å². The predicted molar refractivity (Wildman–Crippen MR) is 171 cm³/mol. The topological polar surface area (TPSA) is 90.3 Å². The van der Waals surface area contributed by atoms with Crippen molar-refractivity contribution in [1.29, 1.82) is 0 Å². The van der Waals surface area contributed by atoms with Crippen molar-refractivity contribution in [3.63, 3.8) is 0 Å². The van der Waals surface area contributed by atoms with Crippen molar-refractivity contribution in [2.45, 2.75) is 35.1 Å². The molecule has 254 valence electrons. The van der Waals surface area contributed by atoms with Crippen LogP contribution in [-0.4, -0.2) is 85.8 Å². The summed E-state index contributed by atoms with van der Waals surface area (Å²) < 4.78 is 66.3. The average molecular weight is 796 g/mol. The Bertz CT molecular complexity index is 1840. The second kappa shape index (κ2) is 13.9. The molecule has 0 radical (unpaired) electrons. The van der Waals surface area contributed by atoms with Gasteiger partial charge in [-0.3, -0.25) is 0 Å². The number of amides is 3. The molecule has 2 aromatic heterocycles. The summed E-state index contributed by atoms with van der Waals surface area (Å²) >= 11 is -1.24. The van der Waals surface area contributed by atoms with Crippen LogP contribution in [-0.2, 0) is 0 Å². The standard InChI is InChI=1S/C33H32F4IN6O3S/c1-3-32(34)20-44-31(46)42-15-11-21(19-42)10-13-40-29(45)22-8-9-25(27(17-22)47-2)39-12-4-6-23-16-26-24(41-28(32)18-38-44)7-5-14-43(26)30(23)48-33(35,36)37/h1,5,7-9,14,16-17,21,28,39,41H,10-13,15,18-20H2,2H3,(H,40,45)/q-1/t21-,28+,32+/m0/s1. The third kappa shape index (κ3) is 7.22. The summed E-state index contributed by atoms with van der Waals surface area (Å²) in [5, 5.41) is 9.07. The van der Waals surface area contributed by atoms with Gasteiger partial charge in [-0.2, -0.15) is 0 Å². The summed E-state index contributed by atoms with van der Waals surface area (Å²) in [6, 6.07) is 8.59. The molecule has 1 aromatic carbocycles. The monoisotopic (exact) mass is 795 g/mol. The number of aromatic nitrogens is 1. The van der Waals surface area contributed by atoms with Crippen LogP contribution >= 0.6 is 11.8 Å². The van der Waals surface area contributed by atoms with Crippen molar-refractivity contribution in [3.8, 4) is 29.9 Å². The average Bonchev–Trinajstić information content (AvgIpc) is 3.67. The van der Waals surface area contributed by atoms with Gasteiger partial charge in [-0.1, -0.05) is 0 Å². The van der Waals surface area contributed by atoms with E-state index in [4.69, 9.17) is 11.2 Å². The number of hydrogen-bond acceptors (Lipinski definition) is 6. The molecule has 15 heteroatoms. The van der Waals surface area contributed by atoms with Crippen LogP contribution in [0.5, 0.6) is 5.75 Å². The van der Waals surface area contributed by atoms with E-state index in [1.54, 1.807) is 35.2 Å². The number of alkyl halides is 5. The number of carbonyl (C=O) groups excluding carboxylic acids is 2. The minimum absolute atomic E-state index is 0.0707. The summed E-state index contributed by atoms with van der Waals surface area (Å²) in [7, 11) is 1.47. The first kappa shape index (κ1) is 33.9. The van der Waals surface area contributed by atoms with Crippen LogP contribution < -0.4 is 42.2 Å². The van der Waals surface area contributed by atoms with Gasteiger partial charge in [-0.15, -0.1) is 0 Å². The maximum atomic E-state index is 16.4. The number of carbonyl (C=O) groups is 2. The molecule has 9 rings (SSSR count). The molecule has 8 heterocycles. The van der Waals surface area contributed by atoms with Crippen molar-refractivity contribution in [2.75, 3.05) is 54.9 Å². The normalized spacial score (nSPS) is 23.6. The molecule has 0 spiro atoms. The van der Waals surface area contributed by atoms with Crippen LogP contribution in [0.4, 0.5) is 33.7 Å². The number of terminal acetylenes is 1. The molecular weight excluding hydrogens is 763 g/mol. The first-order valence-electron chi connectivity index (χ1n) is 15.2. The fourth-order valence-electron chi connectivity index (χ4n) is 5.98. The summed E-state index contributed by atoms with van der Waals surface area (Å²) in [5.74, 6) is 8.31. The van der Waals surface area contributed by atoms with Crippen LogP contribution in [0.1, 0.15) is 28.8 Å². The Morgan fingerprint density at radius 3 is 2.77 bits per heavy atom. The quantitative estimate of drug-likeness (QED) is 0.0921. The number of benzene rings is 1. The predicted octanol–water partition coefficient (Wildman–Crippen LogP) is 2.04. The number of hydrogen-bond donors (Lipinski definition) is 3. The summed E-state index contributed by atoms with van der Waals surface area (Å²) in [6.45, 7) is 1.23. The molecule has 3 aromatic rings. The summed E-state index contributed by atoms with van der Waals surface area (Å²) in [6.07, 6.45) is 8.67. The van der Waals surface area contributed by atoms with Crippen LogP contribution in [0.25, 0.3) is 5.52 Å². The molecule has 6 aliphatic heterocycles. The zero-order valence-electron chi connectivity index (χ0n) is 25.8. The van der Waals surface area contributed by atoms with E-state index >= 15 is 4.39 Å². The molecule has 48 heavy (non-hydrogen) atoms. The van der Waals surface area contributed by atoms with Crippen LogP contribution in [0, 0.1) is 30.1 Å². The number of thioether (sulfide) groups is 1. The Morgan fingerprint density at radius 1 is 1.17 bits per heavy atom. The van der Waals surface area contributed by atoms with Gasteiger partial charge in [0.05, 0.1) is 7.11 Å². The number of nitrogens with one attached hydrogen (secondary N) is 3. The molecule has 0 aliphatic carbocycles. The maximum absolute atomic E-state index is 16.4. The SMILES string of the molecule is C#C[C@@]1(F)CN2[I-]C[C@H]1Nc1cccn3c(SC(F)(F)F)c(cc13)C#CCNc1ccc(cc1OC)C(=O)NCC[C@H]1CCN(C1)C2=O. The van der Waals surface area contributed by atoms with E-state index in [-0.39, 0.29) is 53.3 Å². The van der Waals surface area contributed by atoms with E-state index in [1.165, 1.54) is 26.9 Å². The molecule has 0 unspecified atom stereocenters. The van der Waals surface area contributed by atoms with Crippen LogP contribution in [0.15, 0.2) is 47.6 Å². The number of halogens is 5. The second-order valence-electron chi connectivity index (χ2n) is 11.6. The van der Waals surface area contributed by atoms with Gasteiger partial charge in [-0.25, -0.2) is 0 Å². The molecule has 3 atom stereocenters. The van der Waals surface area contributed by atoms with E-state index < -0.39 is 38.7 Å². The van der Waals surface area contributed by atoms with E-state index in [1.807, 2.05) is 0 Å². The Balaban J connectivity index is 1.36. The molecular formula is C33H32F4IN6O3S-. The van der Waals surface area contributed by atoms with Gasteiger partial charge in [0.15, 0.2) is 0 Å². The van der Waals surface area contributed by atoms with E-state index in [2.05, 4.69) is 33.7 Å². The zero-order valence-corrected chi connectivity index (χ0v) is 28.8. The molecule has 8 bridgehead atoms. The second-order valence-corrected chi connectivity index (χ2v) is 15.4. The first-order valence-corrected chi connectivity index (χ1v) is 18.5. The number of anilines is 2. The zero-order chi connectivity index (χ0) is 34.1. The Morgan fingerprint density at radius 2 is 2.00 bits per heavy atom. The van der Waals surface area contributed by atoms with Crippen molar-refractivity contribution in [2.24, 2.45) is 5.92 Å². The fraction of sp³-hybridized carbons (Fsp3) is 0.394. The van der Waals surface area contributed by atoms with E-state index in [9.17, 15) is 22.8 Å². The number of nitrogens with zero attached hydrogens (tertiary/aromatic N) is 3. The van der Waals surface area contributed by atoms with Gasteiger partial charge in [-0.05, 0) is 0 Å². The molecule has 3 amide bonds. The van der Waals surface area contributed by atoms with Crippen molar-refractivity contribution in [1.82, 2.24) is 17.7 Å². The Hall–Kier alpha value is -3.96. The van der Waals surface area contributed by atoms with Gasteiger partial charge >= 0.3 is 279 Å². The molecule has 6 aliphatic rings. The fourth-order valence-corrected chi connectivity index (χ4v) is 9.80. The van der Waals surface area contributed by atoms with Gasteiger partial charge in [0.2, 0.25) is 0 Å². The van der Waals surface area contributed by atoms with E-state index in [0.717, 1.165) is 6.42 Å². The summed E-state index contributed by atoms with van der Waals surface area (Å²) in [5.41, 5.74) is -4.94. The Kier molecular flexibility index (Phi) is 9.81. The van der Waals surface area contributed by atoms with Gasteiger partial charge in [0.25, 0.3) is 0 Å². The van der Waals surface area contributed by atoms with Crippen molar-refractivity contribution < 1.29 is 53.4 Å². The number of rotatable bonds is 2. The molecule has 9 nitrogen and oxygen atoms in total. The first-order chi connectivity index (χ1) is 23.0. The summed E-state index contributed by atoms with van der Waals surface area (Å²) in [4.78, 5) is 28.1. The number of urea groups is 1. The number of methoxy groups -OCH3 is 1. The third-order valence-electron chi connectivity index (χ3n) is 8.49. The minimum atomic E-state index is -4.59. The molecule has 2 saturated heterocycles. The van der Waals surface area contributed by atoms with E-state index in [0.29, 0.717) is 58.7 Å². The number of ether oxygens (including phenoxy) is 1. The van der Waals surface area contributed by atoms with Gasteiger partial charge in [0.1, 0.15) is 0 Å².